The summed E-state index contributed by atoms with van der Waals surface area (Å²) >= 11 is 0. The van der Waals surface area contributed by atoms with Gasteiger partial charge in [0.15, 0.2) is 0 Å². The molecule has 0 aliphatic carbocycles. The van der Waals surface area contributed by atoms with Gasteiger partial charge in [-0.15, -0.1) is 12.4 Å². The second kappa shape index (κ2) is 30.4. The van der Waals surface area contributed by atoms with Crippen molar-refractivity contribution < 1.29 is 34.4 Å². The first-order valence-electron chi connectivity index (χ1n) is 18.5. The number of aliphatic hydroxyl groups excluding tert-OH is 3. The van der Waals surface area contributed by atoms with Crippen LogP contribution in [0.3, 0.4) is 0 Å². The number of rotatable bonds is 29. The summed E-state index contributed by atoms with van der Waals surface area (Å²) in [5.41, 5.74) is 0. The lowest BCUT2D eigenvalue weighted by atomic mass is 9.92. The summed E-state index contributed by atoms with van der Waals surface area (Å²) in [6.07, 6.45) is 23.0. The van der Waals surface area contributed by atoms with Crippen molar-refractivity contribution in [3.05, 3.63) is 0 Å². The Bertz CT molecular complexity index is 698. The van der Waals surface area contributed by atoms with Crippen LogP contribution in [0, 0.1) is 0 Å². The molecule has 0 unspecified atom stereocenters. The zero-order chi connectivity index (χ0) is 32.3. The van der Waals surface area contributed by atoms with Gasteiger partial charge in [-0.25, -0.2) is 0 Å². The van der Waals surface area contributed by atoms with Crippen LogP contribution in [0.2, 0.25) is 0 Å². The third-order valence-corrected chi connectivity index (χ3v) is 8.96. The Morgan fingerprint density at radius 1 is 0.622 bits per heavy atom. The highest BCUT2D eigenvalue weighted by atomic mass is 35.5. The highest BCUT2D eigenvalue weighted by Crippen LogP contribution is 2.19. The number of unbranched alkanes of at least 4 members (excludes halogenated alkanes) is 20. The van der Waals surface area contributed by atoms with Gasteiger partial charge in [-0.05, 0) is 12.8 Å². The molecule has 9 heteroatoms. The zero-order valence-corrected chi connectivity index (χ0v) is 29.7. The first-order valence-corrected chi connectivity index (χ1v) is 18.5. The number of hydrogen-bond acceptors (Lipinski definition) is 8. The molecule has 1 saturated heterocycles. The molecule has 0 amide bonds. The van der Waals surface area contributed by atoms with Crippen LogP contribution in [0.15, 0.2) is 0 Å². The lowest BCUT2D eigenvalue weighted by molar-refractivity contribution is -0.162. The lowest BCUT2D eigenvalue weighted by Gasteiger charge is -2.37. The number of carbonyl (C=O) groups excluding carboxylic acids is 2. The van der Waals surface area contributed by atoms with Gasteiger partial charge in [0.25, 0.3) is 0 Å². The summed E-state index contributed by atoms with van der Waals surface area (Å²) in [6.45, 7) is 4.52. The first-order chi connectivity index (χ1) is 21.4. The van der Waals surface area contributed by atoms with Crippen LogP contribution in [0.5, 0.6) is 0 Å². The predicted molar refractivity (Wildman–Crippen MR) is 185 cm³/mol. The number of β-amino-alcohol motifs (C(OH)–C–C–N with tert-alkyl or cyclic N) is 1. The molecule has 8 nitrogen and oxygen atoms in total. The standard InChI is InChI=1S/C36H69NO7.ClH/c1-3-5-7-9-11-13-15-17-19-21-23-25-33(39)43-29-30(27-31-35(41)36(42)32(38)28-37-31)44-34(40)26-24-22-20-18-16-14-12-10-8-6-4-2;/h30-32,35-38,41-42H,3-29H2,1-2H3;1H/t30-,31-,32-,35+,36+;/m1./s1. The second-order valence-electron chi connectivity index (χ2n) is 13.2. The summed E-state index contributed by atoms with van der Waals surface area (Å²) in [5, 5.41) is 33.4. The van der Waals surface area contributed by atoms with E-state index in [-0.39, 0.29) is 43.9 Å². The quantitative estimate of drug-likeness (QED) is 0.0474. The summed E-state index contributed by atoms with van der Waals surface area (Å²) in [6, 6.07) is -0.585. The molecule has 0 bridgehead atoms. The van der Waals surface area contributed by atoms with Gasteiger partial charge in [0.05, 0.1) is 12.2 Å². The Hall–Kier alpha value is -0.930. The minimum Gasteiger partial charge on any atom is -0.462 e. The number of halogens is 1. The van der Waals surface area contributed by atoms with E-state index < -0.39 is 30.5 Å². The maximum absolute atomic E-state index is 12.6. The van der Waals surface area contributed by atoms with E-state index in [0.29, 0.717) is 12.8 Å². The average molecular weight is 664 g/mol. The topological polar surface area (TPSA) is 125 Å². The molecule has 1 heterocycles. The van der Waals surface area contributed by atoms with Crippen molar-refractivity contribution in [1.82, 2.24) is 5.32 Å². The van der Waals surface area contributed by atoms with E-state index in [1.807, 2.05) is 0 Å². The molecular weight excluding hydrogens is 594 g/mol. The molecule has 0 aromatic carbocycles. The molecule has 0 saturated carbocycles. The summed E-state index contributed by atoms with van der Waals surface area (Å²) < 4.78 is 11.2. The Morgan fingerprint density at radius 2 is 1.02 bits per heavy atom. The largest absolute Gasteiger partial charge is 0.462 e. The molecule has 1 aliphatic rings. The molecule has 1 aliphatic heterocycles. The van der Waals surface area contributed by atoms with Crippen molar-refractivity contribution >= 4 is 24.3 Å². The fourth-order valence-corrected chi connectivity index (χ4v) is 6.01. The van der Waals surface area contributed by atoms with Crippen molar-refractivity contribution in [2.45, 2.75) is 205 Å². The number of aliphatic hydroxyl groups is 3. The van der Waals surface area contributed by atoms with Crippen LogP contribution < -0.4 is 5.32 Å². The van der Waals surface area contributed by atoms with E-state index in [9.17, 15) is 24.9 Å². The maximum atomic E-state index is 12.6. The Morgan fingerprint density at radius 3 is 1.47 bits per heavy atom. The summed E-state index contributed by atoms with van der Waals surface area (Å²) in [7, 11) is 0. The highest BCUT2D eigenvalue weighted by molar-refractivity contribution is 5.85. The molecule has 45 heavy (non-hydrogen) atoms. The van der Waals surface area contributed by atoms with Gasteiger partial charge in [0.1, 0.15) is 18.8 Å². The normalized spacial score (nSPS) is 20.4. The number of carbonyl (C=O) groups is 2. The molecule has 5 atom stereocenters. The number of ether oxygens (including phenoxy) is 2. The number of piperidine rings is 1. The fraction of sp³-hybridized carbons (Fsp3) is 0.944. The monoisotopic (exact) mass is 663 g/mol. The van der Waals surface area contributed by atoms with Gasteiger partial charge in [0.2, 0.25) is 0 Å². The Labute approximate surface area is 281 Å². The van der Waals surface area contributed by atoms with Gasteiger partial charge in [0, 0.05) is 31.8 Å². The van der Waals surface area contributed by atoms with Crippen LogP contribution >= 0.6 is 12.4 Å². The van der Waals surface area contributed by atoms with Crippen LogP contribution in [0.1, 0.15) is 174 Å². The van der Waals surface area contributed by atoms with Crippen molar-refractivity contribution in [2.24, 2.45) is 0 Å². The smallest absolute Gasteiger partial charge is 0.306 e. The number of nitrogens with one attached hydrogen (secondary N) is 1. The third-order valence-electron chi connectivity index (χ3n) is 8.96. The molecular formula is C36H70ClNO7. The van der Waals surface area contributed by atoms with Gasteiger partial charge in [-0.3, -0.25) is 9.59 Å². The predicted octanol–water partition coefficient (Wildman–Crippen LogP) is 7.71. The minimum atomic E-state index is -1.28. The molecule has 1 fully saturated rings. The van der Waals surface area contributed by atoms with Crippen molar-refractivity contribution in [3.63, 3.8) is 0 Å². The SMILES string of the molecule is CCCCCCCCCCCCCC(=O)OC[C@@H](C[C@H]1NC[C@@H](O)[C@H](O)[C@H]1O)OC(=O)CCCCCCCCCCCCC.Cl. The molecule has 0 radical (unpaired) electrons. The van der Waals surface area contributed by atoms with Gasteiger partial charge < -0.3 is 30.1 Å². The summed E-state index contributed by atoms with van der Waals surface area (Å²) in [5.74, 6) is -0.641. The van der Waals surface area contributed by atoms with Crippen LogP contribution in [-0.2, 0) is 19.1 Å². The Kier molecular flexibility index (Phi) is 29.8. The van der Waals surface area contributed by atoms with E-state index in [1.54, 1.807) is 0 Å². The number of hydrogen-bond donors (Lipinski definition) is 4. The van der Waals surface area contributed by atoms with Gasteiger partial charge in [-0.2, -0.15) is 0 Å². The van der Waals surface area contributed by atoms with Crippen molar-refractivity contribution in [3.8, 4) is 0 Å². The lowest BCUT2D eigenvalue weighted by Crippen LogP contribution is -2.60. The molecule has 0 aromatic rings. The van der Waals surface area contributed by atoms with Crippen molar-refractivity contribution in [1.29, 1.82) is 0 Å². The van der Waals surface area contributed by atoms with Gasteiger partial charge >= 0.3 is 11.9 Å². The zero-order valence-electron chi connectivity index (χ0n) is 28.9. The highest BCUT2D eigenvalue weighted by Gasteiger charge is 2.38. The molecule has 0 spiro atoms. The van der Waals surface area contributed by atoms with E-state index in [0.717, 1.165) is 38.5 Å². The molecule has 4 N–H and O–H groups in total. The van der Waals surface area contributed by atoms with Crippen LogP contribution in [0.4, 0.5) is 0 Å². The average Bonchev–Trinajstić information content (AvgIpc) is 3.01. The van der Waals surface area contributed by atoms with E-state index in [1.165, 1.54) is 103 Å². The molecule has 0 aromatic heterocycles. The van der Waals surface area contributed by atoms with E-state index in [4.69, 9.17) is 9.47 Å². The first kappa shape index (κ1) is 44.1. The second-order valence-corrected chi connectivity index (χ2v) is 13.2. The maximum Gasteiger partial charge on any atom is 0.306 e. The van der Waals surface area contributed by atoms with Crippen LogP contribution in [0.25, 0.3) is 0 Å². The van der Waals surface area contributed by atoms with Crippen molar-refractivity contribution in [2.75, 3.05) is 13.2 Å². The Balaban J connectivity index is 0.0000194. The van der Waals surface area contributed by atoms with Crippen LogP contribution in [-0.4, -0.2) is 70.9 Å². The molecule has 1 rings (SSSR count). The third kappa shape index (κ3) is 24.0. The summed E-state index contributed by atoms with van der Waals surface area (Å²) in [4.78, 5) is 25.1. The minimum absolute atomic E-state index is 0. The van der Waals surface area contributed by atoms with E-state index in [2.05, 4.69) is 19.2 Å². The fourth-order valence-electron chi connectivity index (χ4n) is 6.01. The van der Waals surface area contributed by atoms with E-state index >= 15 is 0 Å². The van der Waals surface area contributed by atoms with Gasteiger partial charge in [-0.1, -0.05) is 142 Å². The molecule has 268 valence electrons. The number of esters is 2.